The van der Waals surface area contributed by atoms with E-state index in [-0.39, 0.29) is 0 Å². The van der Waals surface area contributed by atoms with Crippen molar-refractivity contribution in [2.45, 2.75) is 40.0 Å². The lowest BCUT2D eigenvalue weighted by Gasteiger charge is -2.16. The van der Waals surface area contributed by atoms with E-state index in [9.17, 15) is 0 Å². The van der Waals surface area contributed by atoms with Crippen molar-refractivity contribution in [2.75, 3.05) is 0 Å². The fourth-order valence-electron chi connectivity index (χ4n) is 5.06. The van der Waals surface area contributed by atoms with Crippen LogP contribution in [0.1, 0.15) is 44.9 Å². The van der Waals surface area contributed by atoms with E-state index in [0.717, 1.165) is 56.6 Å². The molecule has 0 saturated carbocycles. The van der Waals surface area contributed by atoms with Gasteiger partial charge in [-0.3, -0.25) is 4.57 Å². The summed E-state index contributed by atoms with van der Waals surface area (Å²) in [4.78, 5) is 9.97. The van der Waals surface area contributed by atoms with Gasteiger partial charge in [-0.05, 0) is 60.2 Å². The van der Waals surface area contributed by atoms with E-state index in [2.05, 4.69) is 105 Å². The Labute approximate surface area is 205 Å². The predicted octanol–water partition coefficient (Wildman–Crippen LogP) is 8.31. The van der Waals surface area contributed by atoms with Crippen LogP contribution in [0.5, 0.6) is 0 Å². The fraction of sp³-hybridized carbons (Fsp3) is 0.226. The molecule has 35 heavy (non-hydrogen) atoms. The number of fused-ring (bicyclic) bond motifs is 4. The van der Waals surface area contributed by atoms with Crippen LogP contribution in [0.4, 0.5) is 0 Å². The van der Waals surface area contributed by atoms with Crippen LogP contribution in [-0.2, 0) is 6.42 Å². The first-order valence-corrected chi connectivity index (χ1v) is 12.4. The minimum absolute atomic E-state index is 0.380. The molecule has 3 heterocycles. The highest BCUT2D eigenvalue weighted by atomic mass is 16.3. The van der Waals surface area contributed by atoms with E-state index < -0.39 is 0 Å². The number of furan rings is 1. The Hall–Kier alpha value is -3.92. The molecule has 6 rings (SSSR count). The van der Waals surface area contributed by atoms with Gasteiger partial charge < -0.3 is 4.42 Å². The topological polar surface area (TPSA) is 43.9 Å². The average Bonchev–Trinajstić information content (AvgIpc) is 3.41. The molecule has 0 atom stereocenters. The summed E-state index contributed by atoms with van der Waals surface area (Å²) in [6.07, 6.45) is 0.932. The van der Waals surface area contributed by atoms with Crippen molar-refractivity contribution >= 4 is 33.1 Å². The Morgan fingerprint density at radius 1 is 0.771 bits per heavy atom. The molecule has 3 aromatic carbocycles. The smallest absolute Gasteiger partial charge is 0.227 e. The van der Waals surface area contributed by atoms with Crippen LogP contribution in [0, 0.1) is 5.92 Å². The molecule has 0 amide bonds. The quantitative estimate of drug-likeness (QED) is 0.260. The number of imidazole rings is 1. The molecule has 0 bridgehead atoms. The van der Waals surface area contributed by atoms with Gasteiger partial charge in [-0.15, -0.1) is 0 Å². The third-order valence-electron chi connectivity index (χ3n) is 6.64. The summed E-state index contributed by atoms with van der Waals surface area (Å²) >= 11 is 0. The number of nitrogens with zero attached hydrogens (tertiary/aromatic N) is 3. The Morgan fingerprint density at radius 2 is 1.57 bits per heavy atom. The lowest BCUT2D eigenvalue weighted by Crippen LogP contribution is -2.03. The van der Waals surface area contributed by atoms with Crippen LogP contribution >= 0.6 is 0 Å². The second kappa shape index (κ2) is 8.38. The highest BCUT2D eigenvalue weighted by Crippen LogP contribution is 2.38. The average molecular weight is 460 g/mol. The lowest BCUT2D eigenvalue weighted by molar-refractivity contribution is 0.621. The van der Waals surface area contributed by atoms with Gasteiger partial charge in [0.1, 0.15) is 11.4 Å². The van der Waals surface area contributed by atoms with Gasteiger partial charge >= 0.3 is 0 Å². The molecule has 0 aliphatic carbocycles. The minimum atomic E-state index is 0.380. The monoisotopic (exact) mass is 459 g/mol. The third kappa shape index (κ3) is 3.61. The fourth-order valence-corrected chi connectivity index (χ4v) is 5.06. The van der Waals surface area contributed by atoms with Crippen molar-refractivity contribution in [2.24, 2.45) is 5.92 Å². The Kier molecular flexibility index (Phi) is 5.18. The molecule has 174 valence electrons. The highest BCUT2D eigenvalue weighted by Gasteiger charge is 2.21. The molecule has 0 radical (unpaired) electrons. The lowest BCUT2D eigenvalue weighted by atomic mass is 10.0. The standard InChI is InChI=1S/C31H29N3O/c1-19(2)18-21-16-17-24-23-11-9-12-25(29(23)35-31(24)32-21)30-33-26-13-6-8-15-28(26)34(30)27-14-7-5-10-22(27)20(3)4/h5-17,19-20H,18H2,1-4H3. The number of hydrogen-bond acceptors (Lipinski definition) is 3. The second-order valence-corrected chi connectivity index (χ2v) is 10.0. The van der Waals surface area contributed by atoms with Crippen LogP contribution < -0.4 is 0 Å². The Balaban J connectivity index is 1.65. The largest absolute Gasteiger partial charge is 0.437 e. The van der Waals surface area contributed by atoms with Gasteiger partial charge in [0.25, 0.3) is 0 Å². The minimum Gasteiger partial charge on any atom is -0.437 e. The zero-order valence-corrected chi connectivity index (χ0v) is 20.6. The molecule has 3 aromatic heterocycles. The normalized spacial score (nSPS) is 12.1. The van der Waals surface area contributed by atoms with Crippen molar-refractivity contribution in [3.05, 3.63) is 90.1 Å². The van der Waals surface area contributed by atoms with E-state index in [0.29, 0.717) is 17.5 Å². The van der Waals surface area contributed by atoms with Crippen LogP contribution in [0.25, 0.3) is 50.2 Å². The number of benzene rings is 3. The van der Waals surface area contributed by atoms with E-state index >= 15 is 0 Å². The first-order chi connectivity index (χ1) is 17.0. The number of rotatable bonds is 5. The Morgan fingerprint density at radius 3 is 2.40 bits per heavy atom. The SMILES string of the molecule is CC(C)Cc1ccc2c(n1)oc1c(-c3nc4ccccc4n3-c3ccccc3C(C)C)cccc12. The maximum atomic E-state index is 6.46. The molecule has 6 aromatic rings. The molecule has 0 aliphatic heterocycles. The summed E-state index contributed by atoms with van der Waals surface area (Å²) in [6, 6.07) is 27.5. The van der Waals surface area contributed by atoms with Crippen LogP contribution in [-0.4, -0.2) is 14.5 Å². The maximum absolute atomic E-state index is 6.46. The summed E-state index contributed by atoms with van der Waals surface area (Å²) < 4.78 is 8.74. The van der Waals surface area contributed by atoms with Gasteiger partial charge in [0, 0.05) is 16.5 Å². The molecule has 0 unspecified atom stereocenters. The van der Waals surface area contributed by atoms with Crippen LogP contribution in [0.15, 0.2) is 83.3 Å². The molecule has 4 nitrogen and oxygen atoms in total. The van der Waals surface area contributed by atoms with Gasteiger partial charge in [-0.1, -0.05) is 70.2 Å². The molecule has 0 saturated heterocycles. The van der Waals surface area contributed by atoms with Crippen molar-refractivity contribution in [3.63, 3.8) is 0 Å². The Bertz CT molecular complexity index is 1690. The van der Waals surface area contributed by atoms with Crippen molar-refractivity contribution < 1.29 is 4.42 Å². The molecule has 0 spiro atoms. The molecule has 0 N–H and O–H groups in total. The summed E-state index contributed by atoms with van der Waals surface area (Å²) in [6.45, 7) is 8.89. The third-order valence-corrected chi connectivity index (χ3v) is 6.64. The number of pyridine rings is 1. The molecular formula is C31H29N3O. The highest BCUT2D eigenvalue weighted by molar-refractivity contribution is 6.08. The zero-order valence-electron chi connectivity index (χ0n) is 20.6. The zero-order chi connectivity index (χ0) is 24.1. The van der Waals surface area contributed by atoms with E-state index in [4.69, 9.17) is 14.4 Å². The van der Waals surface area contributed by atoms with Crippen molar-refractivity contribution in [1.82, 2.24) is 14.5 Å². The van der Waals surface area contributed by atoms with Gasteiger partial charge in [0.05, 0.1) is 22.3 Å². The first kappa shape index (κ1) is 21.6. The van der Waals surface area contributed by atoms with Gasteiger partial charge in [0.15, 0.2) is 0 Å². The summed E-state index contributed by atoms with van der Waals surface area (Å²) in [5.41, 5.74) is 8.04. The molecule has 4 heteroatoms. The summed E-state index contributed by atoms with van der Waals surface area (Å²) in [7, 11) is 0. The number of hydrogen-bond donors (Lipinski definition) is 0. The summed E-state index contributed by atoms with van der Waals surface area (Å²) in [5, 5.41) is 2.11. The van der Waals surface area contributed by atoms with Crippen LogP contribution in [0.3, 0.4) is 0 Å². The number of aromatic nitrogens is 3. The van der Waals surface area contributed by atoms with Gasteiger partial charge in [-0.2, -0.15) is 0 Å². The maximum Gasteiger partial charge on any atom is 0.227 e. The van der Waals surface area contributed by atoms with Gasteiger partial charge in [-0.25, -0.2) is 9.97 Å². The van der Waals surface area contributed by atoms with Crippen molar-refractivity contribution in [3.8, 4) is 17.1 Å². The second-order valence-electron chi connectivity index (χ2n) is 10.0. The molecule has 0 fully saturated rings. The van der Waals surface area contributed by atoms with Crippen molar-refractivity contribution in [1.29, 1.82) is 0 Å². The predicted molar refractivity (Wildman–Crippen MR) is 144 cm³/mol. The van der Waals surface area contributed by atoms with E-state index in [1.165, 1.54) is 5.56 Å². The summed E-state index contributed by atoms with van der Waals surface area (Å²) in [5.74, 6) is 1.80. The molecule has 0 aliphatic rings. The molecular weight excluding hydrogens is 430 g/mol. The van der Waals surface area contributed by atoms with E-state index in [1.54, 1.807) is 0 Å². The van der Waals surface area contributed by atoms with Gasteiger partial charge in [0.2, 0.25) is 5.71 Å². The first-order valence-electron chi connectivity index (χ1n) is 12.4. The van der Waals surface area contributed by atoms with E-state index in [1.807, 2.05) is 6.07 Å². The number of para-hydroxylation sites is 4. The van der Waals surface area contributed by atoms with Crippen LogP contribution in [0.2, 0.25) is 0 Å².